The number of nitrogens with zero attached hydrogens (tertiary/aromatic N) is 2. The highest BCUT2D eigenvalue weighted by Gasteiger charge is 2.28. The largest absolute Gasteiger partial charge is 0.325 e. The molecule has 9 heteroatoms. The molecular formula is C24H21ClFN3O3S. The van der Waals surface area contributed by atoms with Crippen LogP contribution in [0.5, 0.6) is 0 Å². The van der Waals surface area contributed by atoms with Gasteiger partial charge in [-0.3, -0.25) is 4.79 Å². The second kappa shape index (κ2) is 10.6. The van der Waals surface area contributed by atoms with E-state index in [1.54, 1.807) is 36.4 Å². The lowest BCUT2D eigenvalue weighted by molar-refractivity contribution is -0.116. The first-order valence-corrected chi connectivity index (χ1v) is 11.8. The molecule has 0 saturated carbocycles. The van der Waals surface area contributed by atoms with Crippen LogP contribution < -0.4 is 5.32 Å². The van der Waals surface area contributed by atoms with Crippen LogP contribution >= 0.6 is 11.6 Å². The molecule has 0 heterocycles. The van der Waals surface area contributed by atoms with Crippen LogP contribution in [0.4, 0.5) is 10.1 Å². The van der Waals surface area contributed by atoms with Crippen LogP contribution in [0.3, 0.4) is 0 Å². The van der Waals surface area contributed by atoms with E-state index in [2.05, 4.69) is 5.32 Å². The summed E-state index contributed by atoms with van der Waals surface area (Å²) < 4.78 is 41.9. The van der Waals surface area contributed by atoms with Crippen LogP contribution in [0.1, 0.15) is 16.7 Å². The lowest BCUT2D eigenvalue weighted by Gasteiger charge is -2.23. The Kier molecular flexibility index (Phi) is 7.82. The van der Waals surface area contributed by atoms with E-state index >= 15 is 0 Å². The first-order chi connectivity index (χ1) is 15.7. The molecular weight excluding hydrogens is 465 g/mol. The maximum Gasteiger partial charge on any atom is 0.243 e. The number of rotatable bonds is 8. The molecule has 6 nitrogen and oxygen atoms in total. The number of anilines is 1. The first-order valence-electron chi connectivity index (χ1n) is 9.96. The Labute approximate surface area is 197 Å². The minimum Gasteiger partial charge on any atom is -0.325 e. The van der Waals surface area contributed by atoms with Gasteiger partial charge in [0.15, 0.2) is 0 Å². The van der Waals surface area contributed by atoms with E-state index in [1.807, 2.05) is 13.0 Å². The summed E-state index contributed by atoms with van der Waals surface area (Å²) in [6, 6.07) is 18.9. The molecule has 0 aliphatic rings. The standard InChI is InChI=1S/C24H21ClFN3O3S/c1-17-5-11-20(12-6-17)33(31,32)29(15-21-22(25)3-2-4-23(21)26)16-24(30)28-19-9-7-18(8-10-19)13-14-27/h2-12H,13,15-16H2,1H3,(H,28,30). The van der Waals surface area contributed by atoms with Crippen molar-refractivity contribution in [1.82, 2.24) is 4.31 Å². The van der Waals surface area contributed by atoms with Gasteiger partial charge in [0.1, 0.15) is 5.82 Å². The molecule has 3 aromatic carbocycles. The number of carbonyl (C=O) groups is 1. The summed E-state index contributed by atoms with van der Waals surface area (Å²) in [6.45, 7) is 0.847. The van der Waals surface area contributed by atoms with Gasteiger partial charge in [-0.25, -0.2) is 12.8 Å². The Morgan fingerprint density at radius 3 is 2.36 bits per heavy atom. The summed E-state index contributed by atoms with van der Waals surface area (Å²) in [4.78, 5) is 12.7. The maximum absolute atomic E-state index is 14.4. The molecule has 0 radical (unpaired) electrons. The fraction of sp³-hybridized carbons (Fsp3) is 0.167. The number of hydrogen-bond donors (Lipinski definition) is 1. The van der Waals surface area contributed by atoms with Crippen molar-refractivity contribution in [3.05, 3.63) is 94.3 Å². The van der Waals surface area contributed by atoms with Crippen LogP contribution in [0, 0.1) is 24.1 Å². The Morgan fingerprint density at radius 2 is 1.76 bits per heavy atom. The predicted octanol–water partition coefficient (Wildman–Crippen LogP) is 4.68. The number of carbonyl (C=O) groups excluding carboxylic acids is 1. The third-order valence-corrected chi connectivity index (χ3v) is 7.06. The van der Waals surface area contributed by atoms with Crippen molar-refractivity contribution in [2.45, 2.75) is 24.8 Å². The van der Waals surface area contributed by atoms with Gasteiger partial charge in [0.25, 0.3) is 0 Å². The van der Waals surface area contributed by atoms with Gasteiger partial charge in [-0.05, 0) is 48.9 Å². The van der Waals surface area contributed by atoms with E-state index in [9.17, 15) is 17.6 Å². The van der Waals surface area contributed by atoms with Gasteiger partial charge >= 0.3 is 0 Å². The molecule has 0 unspecified atom stereocenters. The maximum atomic E-state index is 14.4. The topological polar surface area (TPSA) is 90.3 Å². The minimum atomic E-state index is -4.14. The zero-order chi connectivity index (χ0) is 24.0. The Morgan fingerprint density at radius 1 is 1.09 bits per heavy atom. The molecule has 0 spiro atoms. The Balaban J connectivity index is 1.88. The fourth-order valence-corrected chi connectivity index (χ4v) is 4.69. The Bertz CT molecular complexity index is 1270. The lowest BCUT2D eigenvalue weighted by Crippen LogP contribution is -2.37. The van der Waals surface area contributed by atoms with Crippen molar-refractivity contribution in [3.8, 4) is 6.07 Å². The molecule has 3 rings (SSSR count). The second-order valence-electron chi connectivity index (χ2n) is 7.37. The number of sulfonamides is 1. The molecule has 0 aliphatic heterocycles. The summed E-state index contributed by atoms with van der Waals surface area (Å²) in [7, 11) is -4.14. The van der Waals surface area contributed by atoms with Gasteiger partial charge < -0.3 is 5.32 Å². The van der Waals surface area contributed by atoms with E-state index in [1.165, 1.54) is 30.3 Å². The molecule has 0 aromatic heterocycles. The van der Waals surface area contributed by atoms with Crippen molar-refractivity contribution in [1.29, 1.82) is 5.26 Å². The second-order valence-corrected chi connectivity index (χ2v) is 9.71. The smallest absolute Gasteiger partial charge is 0.243 e. The summed E-state index contributed by atoms with van der Waals surface area (Å²) in [5.74, 6) is -1.27. The molecule has 0 bridgehead atoms. The van der Waals surface area contributed by atoms with E-state index in [4.69, 9.17) is 16.9 Å². The van der Waals surface area contributed by atoms with Gasteiger partial charge in [-0.1, -0.05) is 47.5 Å². The van der Waals surface area contributed by atoms with Gasteiger partial charge in [-0.2, -0.15) is 9.57 Å². The number of nitriles is 1. The average Bonchev–Trinajstić information content (AvgIpc) is 2.77. The molecule has 0 saturated heterocycles. The fourth-order valence-electron chi connectivity index (χ4n) is 3.10. The molecule has 170 valence electrons. The van der Waals surface area contributed by atoms with E-state index in [-0.39, 0.29) is 21.9 Å². The average molecular weight is 486 g/mol. The molecule has 1 N–H and O–H groups in total. The number of amides is 1. The van der Waals surface area contributed by atoms with E-state index < -0.39 is 34.8 Å². The van der Waals surface area contributed by atoms with Crippen LogP contribution in [-0.2, 0) is 27.8 Å². The van der Waals surface area contributed by atoms with Gasteiger partial charge in [0.05, 0.1) is 23.9 Å². The third-order valence-electron chi connectivity index (χ3n) is 4.90. The minimum absolute atomic E-state index is 0.0192. The quantitative estimate of drug-likeness (QED) is 0.501. The Hall–Kier alpha value is -3.25. The number of hydrogen-bond acceptors (Lipinski definition) is 4. The normalized spacial score (nSPS) is 11.2. The van der Waals surface area contributed by atoms with Gasteiger partial charge in [-0.15, -0.1) is 0 Å². The number of aryl methyl sites for hydroxylation is 1. The van der Waals surface area contributed by atoms with Crippen molar-refractivity contribution in [2.75, 3.05) is 11.9 Å². The SMILES string of the molecule is Cc1ccc(S(=O)(=O)N(CC(=O)Nc2ccc(CC#N)cc2)Cc2c(F)cccc2Cl)cc1. The summed E-state index contributed by atoms with van der Waals surface area (Å²) in [5, 5.41) is 11.5. The van der Waals surface area contributed by atoms with Crippen LogP contribution in [0.25, 0.3) is 0 Å². The summed E-state index contributed by atoms with van der Waals surface area (Å²) in [6.07, 6.45) is 0.236. The number of halogens is 2. The molecule has 0 aliphatic carbocycles. The number of benzene rings is 3. The molecule has 0 atom stereocenters. The van der Waals surface area contributed by atoms with Crippen molar-refractivity contribution >= 4 is 33.2 Å². The summed E-state index contributed by atoms with van der Waals surface area (Å²) in [5.41, 5.74) is 2.07. The molecule has 1 amide bonds. The zero-order valence-corrected chi connectivity index (χ0v) is 19.3. The molecule has 3 aromatic rings. The summed E-state index contributed by atoms with van der Waals surface area (Å²) >= 11 is 6.11. The van der Waals surface area contributed by atoms with Crippen LogP contribution in [-0.4, -0.2) is 25.2 Å². The van der Waals surface area contributed by atoms with Crippen molar-refractivity contribution < 1.29 is 17.6 Å². The third kappa shape index (κ3) is 6.17. The number of nitrogens with one attached hydrogen (secondary N) is 1. The van der Waals surface area contributed by atoms with Crippen molar-refractivity contribution in [2.24, 2.45) is 0 Å². The van der Waals surface area contributed by atoms with Gasteiger partial charge in [0.2, 0.25) is 15.9 Å². The van der Waals surface area contributed by atoms with E-state index in [0.717, 1.165) is 15.4 Å². The zero-order valence-electron chi connectivity index (χ0n) is 17.8. The van der Waals surface area contributed by atoms with Crippen LogP contribution in [0.2, 0.25) is 5.02 Å². The van der Waals surface area contributed by atoms with Crippen molar-refractivity contribution in [3.63, 3.8) is 0 Å². The highest BCUT2D eigenvalue weighted by molar-refractivity contribution is 7.89. The predicted molar refractivity (Wildman–Crippen MR) is 125 cm³/mol. The highest BCUT2D eigenvalue weighted by atomic mass is 35.5. The monoisotopic (exact) mass is 485 g/mol. The van der Waals surface area contributed by atoms with Crippen LogP contribution in [0.15, 0.2) is 71.6 Å². The van der Waals surface area contributed by atoms with E-state index in [0.29, 0.717) is 5.69 Å². The molecule has 0 fully saturated rings. The van der Waals surface area contributed by atoms with Gasteiger partial charge in [0, 0.05) is 22.8 Å². The highest BCUT2D eigenvalue weighted by Crippen LogP contribution is 2.25. The molecule has 33 heavy (non-hydrogen) atoms. The first kappa shape index (κ1) is 24.4. The lowest BCUT2D eigenvalue weighted by atomic mass is 10.1.